The van der Waals surface area contributed by atoms with Crippen LogP contribution < -0.4 is 5.32 Å². The molecule has 68 valence electrons. The second kappa shape index (κ2) is 2.53. The number of aliphatic hydroxyl groups excluding tert-OH is 1. The van der Waals surface area contributed by atoms with E-state index in [0.29, 0.717) is 11.1 Å². The molecule has 0 aromatic heterocycles. The number of halogens is 1. The van der Waals surface area contributed by atoms with Gasteiger partial charge in [-0.1, -0.05) is 6.07 Å². The molecule has 2 rings (SSSR count). The van der Waals surface area contributed by atoms with Gasteiger partial charge in [-0.3, -0.25) is 4.79 Å². The number of carbonyl (C=O) groups excluding carboxylic acids is 1. The van der Waals surface area contributed by atoms with Gasteiger partial charge in [0, 0.05) is 5.56 Å². The number of benzene rings is 1. The molecule has 0 bridgehead atoms. The van der Waals surface area contributed by atoms with Crippen LogP contribution in [-0.4, -0.2) is 11.0 Å². The third-order valence-corrected chi connectivity index (χ3v) is 2.06. The van der Waals surface area contributed by atoms with E-state index in [-0.39, 0.29) is 5.69 Å². The van der Waals surface area contributed by atoms with Crippen molar-refractivity contribution in [1.29, 1.82) is 0 Å². The van der Waals surface area contributed by atoms with Gasteiger partial charge in [-0.05, 0) is 18.6 Å². The van der Waals surface area contributed by atoms with E-state index in [9.17, 15) is 14.3 Å². The molecule has 0 spiro atoms. The summed E-state index contributed by atoms with van der Waals surface area (Å²) in [5.74, 6) is -1.07. The Morgan fingerprint density at radius 1 is 1.54 bits per heavy atom. The summed E-state index contributed by atoms with van der Waals surface area (Å²) < 4.78 is 13.2. The van der Waals surface area contributed by atoms with Crippen molar-refractivity contribution in [3.05, 3.63) is 29.1 Å². The SMILES string of the molecule is Cc1cc(F)c2c(c1)C(O)C(=O)N2. The van der Waals surface area contributed by atoms with E-state index in [1.165, 1.54) is 6.07 Å². The summed E-state index contributed by atoms with van der Waals surface area (Å²) in [5, 5.41) is 11.6. The topological polar surface area (TPSA) is 49.3 Å². The van der Waals surface area contributed by atoms with Gasteiger partial charge in [0.2, 0.25) is 0 Å². The summed E-state index contributed by atoms with van der Waals surface area (Å²) in [7, 11) is 0. The third kappa shape index (κ3) is 1.10. The van der Waals surface area contributed by atoms with Crippen molar-refractivity contribution >= 4 is 11.6 Å². The zero-order valence-corrected chi connectivity index (χ0v) is 6.97. The summed E-state index contributed by atoms with van der Waals surface area (Å²) in [4.78, 5) is 11.0. The highest BCUT2D eigenvalue weighted by atomic mass is 19.1. The molecule has 1 atom stereocenters. The monoisotopic (exact) mass is 181 g/mol. The number of rotatable bonds is 0. The molecule has 0 saturated heterocycles. The minimum atomic E-state index is -1.23. The molecule has 1 heterocycles. The van der Waals surface area contributed by atoms with Crippen molar-refractivity contribution in [2.24, 2.45) is 0 Å². The summed E-state index contributed by atoms with van der Waals surface area (Å²) in [6.07, 6.45) is -1.23. The Kier molecular flexibility index (Phi) is 1.60. The molecule has 4 heteroatoms. The minimum Gasteiger partial charge on any atom is -0.378 e. The Balaban J connectivity index is 2.63. The maximum Gasteiger partial charge on any atom is 0.258 e. The van der Waals surface area contributed by atoms with Gasteiger partial charge in [-0.15, -0.1) is 0 Å². The number of fused-ring (bicyclic) bond motifs is 1. The van der Waals surface area contributed by atoms with Crippen LogP contribution in [0.2, 0.25) is 0 Å². The summed E-state index contributed by atoms with van der Waals surface area (Å²) in [5.41, 5.74) is 1.11. The Morgan fingerprint density at radius 3 is 2.92 bits per heavy atom. The van der Waals surface area contributed by atoms with Crippen LogP contribution in [0.3, 0.4) is 0 Å². The van der Waals surface area contributed by atoms with E-state index in [1.807, 2.05) is 0 Å². The van der Waals surface area contributed by atoms with Gasteiger partial charge in [0.05, 0.1) is 5.69 Å². The number of hydrogen-bond acceptors (Lipinski definition) is 2. The highest BCUT2D eigenvalue weighted by Crippen LogP contribution is 2.33. The molecule has 0 aliphatic carbocycles. The fraction of sp³-hybridized carbons (Fsp3) is 0.222. The number of hydrogen-bond donors (Lipinski definition) is 2. The quantitative estimate of drug-likeness (QED) is 0.630. The van der Waals surface area contributed by atoms with Crippen molar-refractivity contribution in [2.75, 3.05) is 5.32 Å². The molecule has 0 saturated carbocycles. The predicted octanol–water partition coefficient (Wildman–Crippen LogP) is 1.12. The molecule has 2 N–H and O–H groups in total. The van der Waals surface area contributed by atoms with Gasteiger partial charge < -0.3 is 10.4 Å². The maximum atomic E-state index is 13.2. The molecule has 1 aliphatic heterocycles. The zero-order valence-electron chi connectivity index (χ0n) is 6.97. The average molecular weight is 181 g/mol. The van der Waals surface area contributed by atoms with Crippen molar-refractivity contribution in [3.63, 3.8) is 0 Å². The van der Waals surface area contributed by atoms with Crippen LogP contribution in [0.5, 0.6) is 0 Å². The van der Waals surface area contributed by atoms with Crippen molar-refractivity contribution in [2.45, 2.75) is 13.0 Å². The molecule has 1 aliphatic rings. The van der Waals surface area contributed by atoms with Crippen LogP contribution in [0.25, 0.3) is 0 Å². The van der Waals surface area contributed by atoms with Crippen LogP contribution >= 0.6 is 0 Å². The van der Waals surface area contributed by atoms with Gasteiger partial charge >= 0.3 is 0 Å². The van der Waals surface area contributed by atoms with Crippen LogP contribution in [0.4, 0.5) is 10.1 Å². The number of amides is 1. The van der Waals surface area contributed by atoms with E-state index in [1.54, 1.807) is 13.0 Å². The maximum absolute atomic E-state index is 13.2. The van der Waals surface area contributed by atoms with Crippen molar-refractivity contribution in [3.8, 4) is 0 Å². The summed E-state index contributed by atoms with van der Waals surface area (Å²) in [6, 6.07) is 2.91. The Hall–Kier alpha value is -1.42. The van der Waals surface area contributed by atoms with E-state index in [2.05, 4.69) is 5.32 Å². The van der Waals surface area contributed by atoms with Gasteiger partial charge in [-0.25, -0.2) is 4.39 Å². The fourth-order valence-electron chi connectivity index (χ4n) is 1.45. The zero-order chi connectivity index (χ0) is 9.59. The largest absolute Gasteiger partial charge is 0.378 e. The molecule has 0 radical (unpaired) electrons. The molecular weight excluding hydrogens is 173 g/mol. The number of aliphatic hydroxyl groups is 1. The molecule has 1 aromatic carbocycles. The molecule has 0 fully saturated rings. The van der Waals surface area contributed by atoms with Crippen LogP contribution in [0.15, 0.2) is 12.1 Å². The lowest BCUT2D eigenvalue weighted by atomic mass is 10.1. The highest BCUT2D eigenvalue weighted by molar-refractivity contribution is 6.01. The predicted molar refractivity (Wildman–Crippen MR) is 44.7 cm³/mol. The van der Waals surface area contributed by atoms with Crippen LogP contribution in [-0.2, 0) is 4.79 Å². The second-order valence-corrected chi connectivity index (χ2v) is 3.10. The van der Waals surface area contributed by atoms with Crippen molar-refractivity contribution < 1.29 is 14.3 Å². The fourth-order valence-corrected chi connectivity index (χ4v) is 1.45. The molecular formula is C9H8FNO2. The molecule has 1 amide bonds. The van der Waals surface area contributed by atoms with Gasteiger partial charge in [0.25, 0.3) is 5.91 Å². The number of anilines is 1. The van der Waals surface area contributed by atoms with E-state index in [4.69, 9.17) is 0 Å². The average Bonchev–Trinajstić information content (AvgIpc) is 2.32. The van der Waals surface area contributed by atoms with Gasteiger partial charge in [0.15, 0.2) is 6.10 Å². The van der Waals surface area contributed by atoms with Gasteiger partial charge in [-0.2, -0.15) is 0 Å². The first kappa shape index (κ1) is 8.19. The lowest BCUT2D eigenvalue weighted by Crippen LogP contribution is -2.10. The lowest BCUT2D eigenvalue weighted by molar-refractivity contribution is -0.123. The normalized spacial score (nSPS) is 19.9. The summed E-state index contributed by atoms with van der Waals surface area (Å²) >= 11 is 0. The molecule has 13 heavy (non-hydrogen) atoms. The number of aryl methyl sites for hydroxylation is 1. The smallest absolute Gasteiger partial charge is 0.258 e. The summed E-state index contributed by atoms with van der Waals surface area (Å²) in [6.45, 7) is 1.71. The lowest BCUT2D eigenvalue weighted by Gasteiger charge is -2.02. The van der Waals surface area contributed by atoms with Crippen LogP contribution in [0, 0.1) is 12.7 Å². The third-order valence-electron chi connectivity index (χ3n) is 2.06. The highest BCUT2D eigenvalue weighted by Gasteiger charge is 2.30. The number of carbonyl (C=O) groups is 1. The molecule has 1 unspecified atom stereocenters. The standard InChI is InChI=1S/C9H8FNO2/c1-4-2-5-7(6(10)3-4)11-9(13)8(5)12/h2-3,8,12H,1H3,(H,11,13). The first-order valence-electron chi connectivity index (χ1n) is 3.88. The first-order chi connectivity index (χ1) is 6.09. The van der Waals surface area contributed by atoms with Crippen molar-refractivity contribution in [1.82, 2.24) is 0 Å². The van der Waals surface area contributed by atoms with E-state index >= 15 is 0 Å². The minimum absolute atomic E-state index is 0.100. The van der Waals surface area contributed by atoms with E-state index in [0.717, 1.165) is 0 Å². The molecule has 3 nitrogen and oxygen atoms in total. The Morgan fingerprint density at radius 2 is 2.23 bits per heavy atom. The first-order valence-corrected chi connectivity index (χ1v) is 3.88. The Labute approximate surface area is 74.2 Å². The second-order valence-electron chi connectivity index (χ2n) is 3.10. The Bertz CT molecular complexity index is 389. The molecule has 1 aromatic rings. The van der Waals surface area contributed by atoms with Crippen LogP contribution in [0.1, 0.15) is 17.2 Å². The number of nitrogens with one attached hydrogen (secondary N) is 1. The van der Waals surface area contributed by atoms with E-state index < -0.39 is 17.8 Å². The van der Waals surface area contributed by atoms with Gasteiger partial charge in [0.1, 0.15) is 5.82 Å².